The van der Waals surface area contributed by atoms with Crippen molar-refractivity contribution in [3.05, 3.63) is 35.4 Å². The van der Waals surface area contributed by atoms with E-state index in [-0.39, 0.29) is 0 Å². The summed E-state index contributed by atoms with van der Waals surface area (Å²) in [5.41, 5.74) is -0.646. The Balaban J connectivity index is 2.96. The first-order valence-electron chi connectivity index (χ1n) is 3.54. The molecule has 13 heavy (non-hydrogen) atoms. The standard InChI is InChI=1S/C7H5BF5/c9-6-3-1-2-5(7(6)10)4-8(11,12)13/h1-3H,4H2/q-1. The predicted octanol–water partition coefficient (Wildman–Crippen LogP) is 2.89. The minimum Gasteiger partial charge on any atom is -0.449 e. The van der Waals surface area contributed by atoms with Gasteiger partial charge in [0.2, 0.25) is 0 Å². The average molecular weight is 195 g/mol. The molecule has 0 aromatic heterocycles. The molecule has 0 nitrogen and oxygen atoms in total. The molecule has 1 aromatic carbocycles. The minimum atomic E-state index is -5.12. The Hall–Kier alpha value is -1.07. The van der Waals surface area contributed by atoms with Gasteiger partial charge in [0.15, 0.2) is 11.6 Å². The second-order valence-electron chi connectivity index (χ2n) is 2.63. The lowest BCUT2D eigenvalue weighted by molar-refractivity contribution is 0.458. The van der Waals surface area contributed by atoms with Gasteiger partial charge >= 0.3 is 6.98 Å². The van der Waals surface area contributed by atoms with Crippen LogP contribution in [0.15, 0.2) is 18.2 Å². The van der Waals surface area contributed by atoms with Crippen LogP contribution >= 0.6 is 0 Å². The van der Waals surface area contributed by atoms with Gasteiger partial charge in [-0.25, -0.2) is 8.78 Å². The first-order valence-corrected chi connectivity index (χ1v) is 3.54. The summed E-state index contributed by atoms with van der Waals surface area (Å²) in [6, 6.07) is 2.76. The third-order valence-corrected chi connectivity index (χ3v) is 1.48. The molecule has 0 spiro atoms. The molecular formula is C7H5BF5-. The quantitative estimate of drug-likeness (QED) is 0.502. The molecule has 0 saturated heterocycles. The van der Waals surface area contributed by atoms with Gasteiger partial charge in [0.1, 0.15) is 0 Å². The molecule has 0 atom stereocenters. The van der Waals surface area contributed by atoms with Gasteiger partial charge in [-0.1, -0.05) is 18.5 Å². The van der Waals surface area contributed by atoms with E-state index in [0.717, 1.165) is 18.2 Å². The van der Waals surface area contributed by atoms with Crippen molar-refractivity contribution in [1.82, 2.24) is 0 Å². The van der Waals surface area contributed by atoms with E-state index in [2.05, 4.69) is 0 Å². The number of halogens is 5. The first kappa shape index (κ1) is 10.0. The molecule has 0 N–H and O–H groups in total. The van der Waals surface area contributed by atoms with Crippen molar-refractivity contribution >= 4 is 6.98 Å². The SMILES string of the molecule is Fc1cccc(C[B-](F)(F)F)c1F. The number of rotatable bonds is 2. The zero-order valence-corrected chi connectivity index (χ0v) is 6.41. The monoisotopic (exact) mass is 195 g/mol. The average Bonchev–Trinajstić information content (AvgIpc) is 1.96. The third-order valence-electron chi connectivity index (χ3n) is 1.48. The summed E-state index contributed by atoms with van der Waals surface area (Å²) < 4.78 is 60.6. The van der Waals surface area contributed by atoms with E-state index in [9.17, 15) is 21.7 Å². The summed E-state index contributed by atoms with van der Waals surface area (Å²) >= 11 is 0. The number of hydrogen-bond acceptors (Lipinski definition) is 0. The summed E-state index contributed by atoms with van der Waals surface area (Å²) in [6.07, 6.45) is -1.39. The van der Waals surface area contributed by atoms with E-state index >= 15 is 0 Å². The van der Waals surface area contributed by atoms with Gasteiger partial charge < -0.3 is 12.9 Å². The van der Waals surface area contributed by atoms with Crippen molar-refractivity contribution in [2.75, 3.05) is 0 Å². The van der Waals surface area contributed by atoms with Crippen molar-refractivity contribution in [1.29, 1.82) is 0 Å². The highest BCUT2D eigenvalue weighted by Crippen LogP contribution is 2.19. The van der Waals surface area contributed by atoms with Crippen LogP contribution in [0.5, 0.6) is 0 Å². The van der Waals surface area contributed by atoms with Crippen LogP contribution in [-0.2, 0) is 6.32 Å². The molecule has 0 aliphatic rings. The molecule has 0 aliphatic heterocycles. The van der Waals surface area contributed by atoms with Crippen LogP contribution in [0.2, 0.25) is 0 Å². The summed E-state index contributed by atoms with van der Waals surface area (Å²) in [7, 11) is 0. The Morgan fingerprint density at radius 2 is 1.69 bits per heavy atom. The maximum atomic E-state index is 12.7. The van der Waals surface area contributed by atoms with Crippen LogP contribution in [0, 0.1) is 11.6 Å². The Morgan fingerprint density at radius 3 is 2.23 bits per heavy atom. The first-order chi connectivity index (χ1) is 5.90. The van der Waals surface area contributed by atoms with Crippen molar-refractivity contribution in [3.8, 4) is 0 Å². The maximum absolute atomic E-state index is 12.7. The van der Waals surface area contributed by atoms with Gasteiger partial charge in [-0.15, -0.1) is 0 Å². The van der Waals surface area contributed by atoms with Crippen molar-refractivity contribution in [3.63, 3.8) is 0 Å². The highest BCUT2D eigenvalue weighted by atomic mass is 19.4. The molecule has 0 unspecified atom stereocenters. The second kappa shape index (κ2) is 3.36. The van der Waals surface area contributed by atoms with Gasteiger partial charge in [0, 0.05) is 0 Å². The molecular weight excluding hydrogens is 190 g/mol. The molecule has 0 fully saturated rings. The molecule has 0 aliphatic carbocycles. The zero-order valence-electron chi connectivity index (χ0n) is 6.41. The third kappa shape index (κ3) is 2.71. The molecule has 0 bridgehead atoms. The van der Waals surface area contributed by atoms with Crippen LogP contribution in [0.25, 0.3) is 0 Å². The summed E-state index contributed by atoms with van der Waals surface area (Å²) in [4.78, 5) is 0. The lowest BCUT2D eigenvalue weighted by Crippen LogP contribution is -2.20. The fourth-order valence-corrected chi connectivity index (χ4v) is 0.955. The number of benzene rings is 1. The second-order valence-corrected chi connectivity index (χ2v) is 2.63. The topological polar surface area (TPSA) is 0 Å². The van der Waals surface area contributed by atoms with Gasteiger partial charge in [0.25, 0.3) is 0 Å². The minimum absolute atomic E-state index is 0.646. The van der Waals surface area contributed by atoms with Crippen molar-refractivity contribution < 1.29 is 21.7 Å². The molecule has 0 saturated carbocycles. The molecule has 0 heterocycles. The molecule has 1 rings (SSSR count). The van der Waals surface area contributed by atoms with Gasteiger partial charge in [-0.05, 0) is 11.6 Å². The van der Waals surface area contributed by atoms with E-state index in [1.807, 2.05) is 0 Å². The highest BCUT2D eigenvalue weighted by Gasteiger charge is 2.25. The van der Waals surface area contributed by atoms with Crippen LogP contribution in [0.3, 0.4) is 0 Å². The Labute approximate surface area is 71.4 Å². The molecule has 0 amide bonds. The van der Waals surface area contributed by atoms with E-state index in [1.54, 1.807) is 0 Å². The Bertz CT molecular complexity index is 306. The van der Waals surface area contributed by atoms with E-state index in [4.69, 9.17) is 0 Å². The fourth-order valence-electron chi connectivity index (χ4n) is 0.955. The van der Waals surface area contributed by atoms with Crippen LogP contribution < -0.4 is 0 Å². The summed E-state index contributed by atoms with van der Waals surface area (Å²) in [6.45, 7) is -5.12. The fraction of sp³-hybridized carbons (Fsp3) is 0.143. The lowest BCUT2D eigenvalue weighted by atomic mass is 9.81. The van der Waals surface area contributed by atoms with Crippen LogP contribution in [-0.4, -0.2) is 6.98 Å². The largest absolute Gasteiger partial charge is 0.482 e. The van der Waals surface area contributed by atoms with Gasteiger partial charge in [-0.3, -0.25) is 0 Å². The predicted molar refractivity (Wildman–Crippen MR) is 39.1 cm³/mol. The van der Waals surface area contributed by atoms with E-state index < -0.39 is 30.5 Å². The van der Waals surface area contributed by atoms with Gasteiger partial charge in [-0.2, -0.15) is 0 Å². The molecule has 72 valence electrons. The molecule has 6 heteroatoms. The molecule has 1 aromatic rings. The van der Waals surface area contributed by atoms with Crippen molar-refractivity contribution in [2.45, 2.75) is 6.32 Å². The van der Waals surface area contributed by atoms with Crippen LogP contribution in [0.1, 0.15) is 5.56 Å². The zero-order chi connectivity index (χ0) is 10.1. The summed E-state index contributed by atoms with van der Waals surface area (Å²) in [5.74, 6) is -2.67. The van der Waals surface area contributed by atoms with Gasteiger partial charge in [0.05, 0.1) is 0 Å². The smallest absolute Gasteiger partial charge is 0.449 e. The lowest BCUT2D eigenvalue weighted by Gasteiger charge is -2.13. The molecule has 0 radical (unpaired) electrons. The Morgan fingerprint density at radius 1 is 1.08 bits per heavy atom. The van der Waals surface area contributed by atoms with E-state index in [1.165, 1.54) is 0 Å². The maximum Gasteiger partial charge on any atom is 0.482 e. The Kier molecular flexibility index (Phi) is 2.59. The van der Waals surface area contributed by atoms with E-state index in [0.29, 0.717) is 0 Å². The van der Waals surface area contributed by atoms with Crippen molar-refractivity contribution in [2.24, 2.45) is 0 Å². The highest BCUT2D eigenvalue weighted by molar-refractivity contribution is 6.57. The van der Waals surface area contributed by atoms with Crippen LogP contribution in [0.4, 0.5) is 21.7 Å². The number of hydrogen-bond donors (Lipinski definition) is 0. The normalized spacial score (nSPS) is 11.8. The summed E-state index contributed by atoms with van der Waals surface area (Å²) in [5, 5.41) is 0.